The number of anilines is 1. The van der Waals surface area contributed by atoms with Crippen molar-refractivity contribution in [3.8, 4) is 0 Å². The number of benzene rings is 2. The van der Waals surface area contributed by atoms with Crippen LogP contribution in [0.1, 0.15) is 11.1 Å². The third kappa shape index (κ3) is 4.87. The summed E-state index contributed by atoms with van der Waals surface area (Å²) in [6, 6.07) is 9.35. The lowest BCUT2D eigenvalue weighted by molar-refractivity contribution is -0.137. The Balaban J connectivity index is 2.04. The quantitative estimate of drug-likeness (QED) is 0.698. The normalized spacial score (nSPS) is 11.2. The Labute approximate surface area is 144 Å². The molecule has 0 aliphatic rings. The second-order valence-electron chi connectivity index (χ2n) is 4.59. The van der Waals surface area contributed by atoms with Gasteiger partial charge in [-0.1, -0.05) is 45.7 Å². The van der Waals surface area contributed by atoms with Crippen molar-refractivity contribution in [2.75, 3.05) is 5.32 Å². The topological polar surface area (TPSA) is 41.1 Å². The van der Waals surface area contributed by atoms with Gasteiger partial charge in [-0.2, -0.15) is 13.2 Å². The molecule has 0 spiro atoms. The van der Waals surface area contributed by atoms with E-state index in [1.807, 2.05) is 24.3 Å². The molecule has 2 amide bonds. The predicted molar refractivity (Wildman–Crippen MR) is 86.5 cm³/mol. The summed E-state index contributed by atoms with van der Waals surface area (Å²) in [6.07, 6.45) is -4.51. The first-order valence-electron chi connectivity index (χ1n) is 6.42. The van der Waals surface area contributed by atoms with Gasteiger partial charge in [-0.3, -0.25) is 0 Å². The van der Waals surface area contributed by atoms with Crippen molar-refractivity contribution < 1.29 is 18.0 Å². The van der Waals surface area contributed by atoms with Crippen LogP contribution in [0.4, 0.5) is 23.7 Å². The van der Waals surface area contributed by atoms with Gasteiger partial charge in [0.05, 0.1) is 16.3 Å². The summed E-state index contributed by atoms with van der Waals surface area (Å²) in [5.74, 6) is 0. The molecule has 2 aromatic carbocycles. The van der Waals surface area contributed by atoms with Crippen LogP contribution in [0, 0.1) is 0 Å². The molecule has 0 aliphatic carbocycles. The number of rotatable bonds is 3. The molecule has 3 nitrogen and oxygen atoms in total. The fraction of sp³-hybridized carbons (Fsp3) is 0.133. The summed E-state index contributed by atoms with van der Waals surface area (Å²) in [5, 5.41) is 4.89. The minimum Gasteiger partial charge on any atom is -0.334 e. The number of urea groups is 1. The molecule has 0 saturated carbocycles. The Bertz CT molecular complexity index is 722. The molecule has 2 rings (SSSR count). The first kappa shape index (κ1) is 17.6. The van der Waals surface area contributed by atoms with Gasteiger partial charge in [0.15, 0.2) is 0 Å². The van der Waals surface area contributed by atoms with Gasteiger partial charge >= 0.3 is 12.2 Å². The van der Waals surface area contributed by atoms with E-state index >= 15 is 0 Å². The van der Waals surface area contributed by atoms with Crippen molar-refractivity contribution in [3.63, 3.8) is 0 Å². The van der Waals surface area contributed by atoms with Crippen LogP contribution in [0.25, 0.3) is 0 Å². The van der Waals surface area contributed by atoms with E-state index < -0.39 is 17.8 Å². The lowest BCUT2D eigenvalue weighted by atomic mass is 10.2. The van der Waals surface area contributed by atoms with Crippen molar-refractivity contribution in [2.24, 2.45) is 0 Å². The first-order chi connectivity index (χ1) is 10.8. The van der Waals surface area contributed by atoms with Crippen molar-refractivity contribution >= 4 is 39.2 Å². The highest BCUT2D eigenvalue weighted by Crippen LogP contribution is 2.33. The van der Waals surface area contributed by atoms with Gasteiger partial charge in [-0.15, -0.1) is 0 Å². The van der Waals surface area contributed by atoms with E-state index in [2.05, 4.69) is 26.6 Å². The summed E-state index contributed by atoms with van der Waals surface area (Å²) in [7, 11) is 0. The summed E-state index contributed by atoms with van der Waals surface area (Å²) >= 11 is 9.15. The zero-order chi connectivity index (χ0) is 17.0. The SMILES string of the molecule is O=C(NCc1ccccc1Br)Nc1cc(C(F)(F)F)ccc1Cl. The Morgan fingerprint density at radius 3 is 2.52 bits per heavy atom. The largest absolute Gasteiger partial charge is 0.416 e. The molecule has 8 heteroatoms. The zero-order valence-electron chi connectivity index (χ0n) is 11.5. The smallest absolute Gasteiger partial charge is 0.334 e. The number of amides is 2. The number of carbonyl (C=O) groups is 1. The van der Waals surface area contributed by atoms with E-state index in [0.29, 0.717) is 0 Å². The number of hydrogen-bond donors (Lipinski definition) is 2. The molecule has 0 fully saturated rings. The summed E-state index contributed by atoms with van der Waals surface area (Å²) in [6.45, 7) is 0.212. The van der Waals surface area contributed by atoms with Crippen LogP contribution < -0.4 is 10.6 Å². The van der Waals surface area contributed by atoms with Gasteiger partial charge in [0, 0.05) is 11.0 Å². The molecule has 0 bridgehead atoms. The molecule has 0 radical (unpaired) electrons. The maximum atomic E-state index is 12.7. The highest BCUT2D eigenvalue weighted by Gasteiger charge is 2.31. The van der Waals surface area contributed by atoms with Gasteiger partial charge in [-0.25, -0.2) is 4.79 Å². The van der Waals surface area contributed by atoms with Gasteiger partial charge in [-0.05, 0) is 29.8 Å². The predicted octanol–water partition coefficient (Wildman–Crippen LogP) is 5.44. The third-order valence-corrected chi connectivity index (χ3v) is 4.04. The Kier molecular flexibility index (Phi) is 5.54. The molecule has 0 heterocycles. The van der Waals surface area contributed by atoms with Crippen LogP contribution in [0.3, 0.4) is 0 Å². The van der Waals surface area contributed by atoms with Crippen molar-refractivity contribution in [3.05, 3.63) is 63.1 Å². The maximum Gasteiger partial charge on any atom is 0.416 e. The molecule has 2 N–H and O–H groups in total. The van der Waals surface area contributed by atoms with Crippen LogP contribution in [-0.4, -0.2) is 6.03 Å². The van der Waals surface area contributed by atoms with Crippen molar-refractivity contribution in [1.82, 2.24) is 5.32 Å². The van der Waals surface area contributed by atoms with Gasteiger partial charge in [0.25, 0.3) is 0 Å². The zero-order valence-corrected chi connectivity index (χ0v) is 13.9. The van der Waals surface area contributed by atoms with E-state index in [0.717, 1.165) is 28.2 Å². The molecule has 23 heavy (non-hydrogen) atoms. The number of carbonyl (C=O) groups excluding carboxylic acids is 1. The van der Waals surface area contributed by atoms with Crippen molar-refractivity contribution in [2.45, 2.75) is 12.7 Å². The van der Waals surface area contributed by atoms with Crippen LogP contribution in [0.15, 0.2) is 46.9 Å². The molecule has 122 valence electrons. The first-order valence-corrected chi connectivity index (χ1v) is 7.59. The van der Waals surface area contributed by atoms with Crippen LogP contribution in [0.2, 0.25) is 5.02 Å². The molecular weight excluding hydrogens is 397 g/mol. The van der Waals surface area contributed by atoms with Crippen molar-refractivity contribution in [1.29, 1.82) is 0 Å². The Morgan fingerprint density at radius 1 is 1.17 bits per heavy atom. The average Bonchev–Trinajstić information content (AvgIpc) is 2.47. The number of hydrogen-bond acceptors (Lipinski definition) is 1. The van der Waals surface area contributed by atoms with E-state index in [1.165, 1.54) is 0 Å². The lowest BCUT2D eigenvalue weighted by Gasteiger charge is -2.12. The van der Waals surface area contributed by atoms with Gasteiger partial charge in [0.2, 0.25) is 0 Å². The highest BCUT2D eigenvalue weighted by atomic mass is 79.9. The average molecular weight is 408 g/mol. The van der Waals surface area contributed by atoms with E-state index in [4.69, 9.17) is 11.6 Å². The number of halogens is 5. The summed E-state index contributed by atoms with van der Waals surface area (Å²) in [4.78, 5) is 11.8. The fourth-order valence-electron chi connectivity index (χ4n) is 1.78. The summed E-state index contributed by atoms with van der Waals surface area (Å²) < 4.78 is 38.8. The molecule has 0 unspecified atom stereocenters. The second-order valence-corrected chi connectivity index (χ2v) is 5.85. The third-order valence-electron chi connectivity index (χ3n) is 2.94. The highest BCUT2D eigenvalue weighted by molar-refractivity contribution is 9.10. The van der Waals surface area contributed by atoms with Gasteiger partial charge in [0.1, 0.15) is 0 Å². The molecule has 0 aliphatic heterocycles. The molecule has 0 saturated heterocycles. The molecule has 2 aromatic rings. The molecular formula is C15H11BrClF3N2O. The summed E-state index contributed by atoms with van der Waals surface area (Å²) in [5.41, 5.74) is -0.160. The monoisotopic (exact) mass is 406 g/mol. The van der Waals surface area contributed by atoms with Crippen LogP contribution in [0.5, 0.6) is 0 Å². The number of nitrogens with one attached hydrogen (secondary N) is 2. The lowest BCUT2D eigenvalue weighted by Crippen LogP contribution is -2.28. The maximum absolute atomic E-state index is 12.7. The van der Waals surface area contributed by atoms with E-state index in [-0.39, 0.29) is 17.3 Å². The van der Waals surface area contributed by atoms with Crippen LogP contribution in [-0.2, 0) is 12.7 Å². The Hall–Kier alpha value is -1.73. The molecule has 0 aromatic heterocycles. The minimum absolute atomic E-state index is 0.0223. The van der Waals surface area contributed by atoms with E-state index in [9.17, 15) is 18.0 Å². The molecule has 0 atom stereocenters. The number of alkyl halides is 3. The fourth-order valence-corrected chi connectivity index (χ4v) is 2.37. The van der Waals surface area contributed by atoms with Gasteiger partial charge < -0.3 is 10.6 Å². The van der Waals surface area contributed by atoms with Crippen LogP contribution >= 0.6 is 27.5 Å². The van der Waals surface area contributed by atoms with E-state index in [1.54, 1.807) is 0 Å². The Morgan fingerprint density at radius 2 is 1.87 bits per heavy atom. The minimum atomic E-state index is -4.51. The standard InChI is InChI=1S/C15H11BrClF3N2O/c16-11-4-2-1-3-9(11)8-21-14(23)22-13-7-10(15(18,19)20)5-6-12(13)17/h1-7H,8H2,(H2,21,22,23). The second kappa shape index (κ2) is 7.23.